The molecule has 0 aromatic carbocycles. The maximum absolute atomic E-state index is 5.59. The molecule has 7 heteroatoms. The van der Waals surface area contributed by atoms with Crippen LogP contribution in [0.2, 0.25) is 0 Å². The Morgan fingerprint density at radius 3 is 2.88 bits per heavy atom. The van der Waals surface area contributed by atoms with Gasteiger partial charge in [0.25, 0.3) is 0 Å². The van der Waals surface area contributed by atoms with E-state index in [0.29, 0.717) is 6.04 Å². The molecule has 0 amide bonds. The molecule has 0 saturated carbocycles. The van der Waals surface area contributed by atoms with Crippen molar-refractivity contribution in [2.45, 2.75) is 25.8 Å². The number of aromatic nitrogens is 4. The van der Waals surface area contributed by atoms with Crippen molar-refractivity contribution in [3.63, 3.8) is 0 Å². The monoisotopic (exact) mass is 324 g/mol. The highest BCUT2D eigenvalue weighted by Gasteiger charge is 2.26. The molecule has 0 unspecified atom stereocenters. The van der Waals surface area contributed by atoms with E-state index >= 15 is 0 Å². The van der Waals surface area contributed by atoms with Gasteiger partial charge in [-0.1, -0.05) is 0 Å². The van der Waals surface area contributed by atoms with Crippen LogP contribution >= 0.6 is 0 Å². The predicted octanol–water partition coefficient (Wildman–Crippen LogP) is 2.43. The summed E-state index contributed by atoms with van der Waals surface area (Å²) in [5.41, 5.74) is 1.81. The lowest BCUT2D eigenvalue weighted by Crippen LogP contribution is -2.44. The quantitative estimate of drug-likeness (QED) is 0.732. The zero-order valence-electron chi connectivity index (χ0n) is 13.9. The standard InChI is InChI=1S/C17H20N6O/c1-12-9-15(19-11-18-12)22(2)14-3-6-23(7-4-14)17-16-13(5-8-24-16)10-20-21-17/h5,8-11,14H,3-4,6-7H2,1-2H3. The molecule has 0 bridgehead atoms. The van der Waals surface area contributed by atoms with Crippen LogP contribution in [0.25, 0.3) is 11.0 Å². The van der Waals surface area contributed by atoms with Gasteiger partial charge < -0.3 is 14.2 Å². The Morgan fingerprint density at radius 1 is 1.25 bits per heavy atom. The topological polar surface area (TPSA) is 71.2 Å². The average Bonchev–Trinajstić information content (AvgIpc) is 3.10. The molecular weight excluding hydrogens is 304 g/mol. The summed E-state index contributed by atoms with van der Waals surface area (Å²) < 4.78 is 5.59. The van der Waals surface area contributed by atoms with Crippen molar-refractivity contribution < 1.29 is 4.42 Å². The highest BCUT2D eigenvalue weighted by atomic mass is 16.3. The van der Waals surface area contributed by atoms with E-state index in [1.807, 2.05) is 19.1 Å². The summed E-state index contributed by atoms with van der Waals surface area (Å²) in [6.45, 7) is 3.84. The van der Waals surface area contributed by atoms with Gasteiger partial charge in [-0.05, 0) is 25.8 Å². The molecule has 124 valence electrons. The summed E-state index contributed by atoms with van der Waals surface area (Å²) in [5.74, 6) is 1.82. The molecule has 24 heavy (non-hydrogen) atoms. The zero-order chi connectivity index (χ0) is 16.5. The van der Waals surface area contributed by atoms with Gasteiger partial charge in [-0.2, -0.15) is 5.10 Å². The van der Waals surface area contributed by atoms with Crippen LogP contribution in [0.15, 0.2) is 35.3 Å². The first-order valence-electron chi connectivity index (χ1n) is 8.17. The number of aryl methyl sites for hydroxylation is 1. The second-order valence-electron chi connectivity index (χ2n) is 6.22. The van der Waals surface area contributed by atoms with Crippen LogP contribution in [0, 0.1) is 6.92 Å². The van der Waals surface area contributed by atoms with Gasteiger partial charge in [0.2, 0.25) is 0 Å². The molecule has 0 N–H and O–H groups in total. The molecule has 4 heterocycles. The summed E-state index contributed by atoms with van der Waals surface area (Å²) >= 11 is 0. The third-order valence-electron chi connectivity index (χ3n) is 4.71. The van der Waals surface area contributed by atoms with E-state index in [2.05, 4.69) is 37.0 Å². The third kappa shape index (κ3) is 2.66. The van der Waals surface area contributed by atoms with Crippen molar-refractivity contribution in [3.8, 4) is 0 Å². The molecule has 1 saturated heterocycles. The minimum atomic E-state index is 0.458. The van der Waals surface area contributed by atoms with Crippen LogP contribution in [0.5, 0.6) is 0 Å². The SMILES string of the molecule is Cc1cc(N(C)C2CCN(c3nncc4ccoc34)CC2)ncn1. The molecule has 0 atom stereocenters. The van der Waals surface area contributed by atoms with Crippen LogP contribution in [-0.4, -0.2) is 46.3 Å². The Balaban J connectivity index is 1.48. The molecule has 0 aliphatic carbocycles. The fraction of sp³-hybridized carbons (Fsp3) is 0.412. The van der Waals surface area contributed by atoms with E-state index in [9.17, 15) is 0 Å². The number of furan rings is 1. The molecule has 4 rings (SSSR count). The van der Waals surface area contributed by atoms with Crippen molar-refractivity contribution in [3.05, 3.63) is 36.6 Å². The zero-order valence-corrected chi connectivity index (χ0v) is 13.9. The van der Waals surface area contributed by atoms with Gasteiger partial charge in [-0.15, -0.1) is 5.10 Å². The van der Waals surface area contributed by atoms with Crippen LogP contribution in [0.3, 0.4) is 0 Å². The molecule has 3 aromatic heterocycles. The Hall–Kier alpha value is -2.70. The van der Waals surface area contributed by atoms with Gasteiger partial charge in [0, 0.05) is 43.3 Å². The van der Waals surface area contributed by atoms with Crippen LogP contribution < -0.4 is 9.80 Å². The number of fused-ring (bicyclic) bond motifs is 1. The van der Waals surface area contributed by atoms with Gasteiger partial charge in [0.15, 0.2) is 11.4 Å². The lowest BCUT2D eigenvalue weighted by Gasteiger charge is -2.37. The number of anilines is 2. The number of rotatable bonds is 3. The van der Waals surface area contributed by atoms with E-state index in [-0.39, 0.29) is 0 Å². The molecule has 0 radical (unpaired) electrons. The normalized spacial score (nSPS) is 15.8. The summed E-state index contributed by atoms with van der Waals surface area (Å²) in [4.78, 5) is 13.1. The third-order valence-corrected chi connectivity index (χ3v) is 4.71. The van der Waals surface area contributed by atoms with Crippen LogP contribution in [-0.2, 0) is 0 Å². The van der Waals surface area contributed by atoms with Crippen molar-refractivity contribution in [2.24, 2.45) is 0 Å². The highest BCUT2D eigenvalue weighted by molar-refractivity contribution is 5.86. The van der Waals surface area contributed by atoms with Crippen molar-refractivity contribution >= 4 is 22.6 Å². The van der Waals surface area contributed by atoms with Gasteiger partial charge in [-0.25, -0.2) is 9.97 Å². The van der Waals surface area contributed by atoms with Crippen LogP contribution in [0.4, 0.5) is 11.6 Å². The minimum Gasteiger partial charge on any atom is -0.460 e. The molecule has 1 fully saturated rings. The number of piperidine rings is 1. The van der Waals surface area contributed by atoms with E-state index in [1.165, 1.54) is 0 Å². The Bertz CT molecular complexity index is 840. The number of hydrogen-bond donors (Lipinski definition) is 0. The van der Waals surface area contributed by atoms with E-state index in [1.54, 1.807) is 18.8 Å². The molecule has 1 aliphatic rings. The summed E-state index contributed by atoms with van der Waals surface area (Å²) in [7, 11) is 2.11. The Morgan fingerprint density at radius 2 is 2.08 bits per heavy atom. The van der Waals surface area contributed by atoms with Crippen LogP contribution in [0.1, 0.15) is 18.5 Å². The van der Waals surface area contributed by atoms with Gasteiger partial charge in [-0.3, -0.25) is 0 Å². The van der Waals surface area contributed by atoms with Crippen molar-refractivity contribution in [1.29, 1.82) is 0 Å². The summed E-state index contributed by atoms with van der Waals surface area (Å²) in [5, 5.41) is 9.38. The largest absolute Gasteiger partial charge is 0.460 e. The highest BCUT2D eigenvalue weighted by Crippen LogP contribution is 2.28. The van der Waals surface area contributed by atoms with E-state index < -0.39 is 0 Å². The van der Waals surface area contributed by atoms with E-state index in [4.69, 9.17) is 4.42 Å². The first-order chi connectivity index (χ1) is 11.7. The number of hydrogen-bond acceptors (Lipinski definition) is 7. The predicted molar refractivity (Wildman–Crippen MR) is 92.2 cm³/mol. The molecule has 0 spiro atoms. The molecule has 1 aliphatic heterocycles. The first kappa shape index (κ1) is 14.9. The lowest BCUT2D eigenvalue weighted by atomic mass is 10.0. The summed E-state index contributed by atoms with van der Waals surface area (Å²) in [6.07, 6.45) is 7.13. The molecular formula is C17H20N6O. The fourth-order valence-electron chi connectivity index (χ4n) is 3.29. The van der Waals surface area contributed by atoms with Crippen molar-refractivity contribution in [2.75, 3.05) is 29.9 Å². The van der Waals surface area contributed by atoms with E-state index in [0.717, 1.165) is 54.2 Å². The minimum absolute atomic E-state index is 0.458. The molecule has 7 nitrogen and oxygen atoms in total. The lowest BCUT2D eigenvalue weighted by molar-refractivity contribution is 0.475. The Labute approximate surface area is 140 Å². The smallest absolute Gasteiger partial charge is 0.195 e. The maximum atomic E-state index is 5.59. The van der Waals surface area contributed by atoms with Gasteiger partial charge in [0.05, 0.1) is 12.5 Å². The maximum Gasteiger partial charge on any atom is 0.195 e. The first-order valence-corrected chi connectivity index (χ1v) is 8.17. The number of nitrogens with zero attached hydrogens (tertiary/aromatic N) is 6. The average molecular weight is 324 g/mol. The van der Waals surface area contributed by atoms with Crippen molar-refractivity contribution in [1.82, 2.24) is 20.2 Å². The second kappa shape index (κ2) is 6.07. The molecule has 3 aromatic rings. The summed E-state index contributed by atoms with van der Waals surface area (Å²) in [6, 6.07) is 4.41. The fourth-order valence-corrected chi connectivity index (χ4v) is 3.29. The van der Waals surface area contributed by atoms with Gasteiger partial charge in [0.1, 0.15) is 12.1 Å². The second-order valence-corrected chi connectivity index (χ2v) is 6.22. The Kier molecular flexibility index (Phi) is 3.76. The van der Waals surface area contributed by atoms with Gasteiger partial charge >= 0.3 is 0 Å².